The number of hydrogen-bond acceptors (Lipinski definition) is 4. The first-order valence-corrected chi connectivity index (χ1v) is 8.29. The summed E-state index contributed by atoms with van der Waals surface area (Å²) in [4.78, 5) is 4.34. The van der Waals surface area contributed by atoms with Gasteiger partial charge in [-0.1, -0.05) is 48.0 Å². The minimum Gasteiger partial charge on any atom is -0.366 e. The standard InChI is InChI=1S/C18H18ClN5/c1-11-4-2-3-5-14(11)16-10-15(12-6-8-13(19)9-7-12)21-18-22-17(20)23-24(16)18/h2-9,15-16H,10H2,1H3,(H3,20,21,22,23)/t15-,16-/m0/s1. The van der Waals surface area contributed by atoms with Crippen LogP contribution in [0.15, 0.2) is 48.5 Å². The molecule has 3 N–H and O–H groups in total. The topological polar surface area (TPSA) is 68.8 Å². The van der Waals surface area contributed by atoms with Gasteiger partial charge in [0.15, 0.2) is 0 Å². The third-order valence-electron chi connectivity index (χ3n) is 4.52. The van der Waals surface area contributed by atoms with Gasteiger partial charge in [0.25, 0.3) is 0 Å². The molecule has 4 rings (SSSR count). The molecule has 0 saturated heterocycles. The van der Waals surface area contributed by atoms with Gasteiger partial charge in [-0.2, -0.15) is 4.98 Å². The third kappa shape index (κ3) is 2.61. The molecule has 0 saturated carbocycles. The average molecular weight is 340 g/mol. The number of benzene rings is 2. The fraction of sp³-hybridized carbons (Fsp3) is 0.222. The molecule has 6 heteroatoms. The molecule has 0 aliphatic carbocycles. The summed E-state index contributed by atoms with van der Waals surface area (Å²) >= 11 is 6.02. The summed E-state index contributed by atoms with van der Waals surface area (Å²) in [6, 6.07) is 16.5. The van der Waals surface area contributed by atoms with Crippen molar-refractivity contribution in [3.63, 3.8) is 0 Å². The first kappa shape index (κ1) is 15.0. The molecule has 1 aliphatic rings. The Kier molecular flexibility index (Phi) is 3.65. The molecule has 5 nitrogen and oxygen atoms in total. The van der Waals surface area contributed by atoms with Crippen molar-refractivity contribution < 1.29 is 0 Å². The maximum Gasteiger partial charge on any atom is 0.241 e. The zero-order chi connectivity index (χ0) is 16.7. The van der Waals surface area contributed by atoms with Gasteiger partial charge in [0.1, 0.15) is 0 Å². The molecule has 2 aromatic carbocycles. The molecular weight excluding hydrogens is 322 g/mol. The average Bonchev–Trinajstić information content (AvgIpc) is 2.95. The Morgan fingerprint density at radius 2 is 1.92 bits per heavy atom. The molecule has 1 aliphatic heterocycles. The van der Waals surface area contributed by atoms with Gasteiger partial charge in [-0.25, -0.2) is 4.68 Å². The van der Waals surface area contributed by atoms with Crippen molar-refractivity contribution in [2.75, 3.05) is 11.1 Å². The molecule has 0 spiro atoms. The second-order valence-electron chi connectivity index (χ2n) is 6.09. The van der Waals surface area contributed by atoms with Gasteiger partial charge in [0.2, 0.25) is 11.9 Å². The maximum atomic E-state index is 6.02. The molecular formula is C18H18ClN5. The number of nitrogens with one attached hydrogen (secondary N) is 1. The highest BCUT2D eigenvalue weighted by Gasteiger charge is 2.31. The summed E-state index contributed by atoms with van der Waals surface area (Å²) in [5.74, 6) is 0.986. The van der Waals surface area contributed by atoms with E-state index in [1.165, 1.54) is 16.7 Å². The van der Waals surface area contributed by atoms with E-state index in [4.69, 9.17) is 17.3 Å². The lowest BCUT2D eigenvalue weighted by Crippen LogP contribution is -2.28. The summed E-state index contributed by atoms with van der Waals surface area (Å²) in [5.41, 5.74) is 9.49. The van der Waals surface area contributed by atoms with Gasteiger partial charge in [-0.05, 0) is 42.2 Å². The van der Waals surface area contributed by atoms with Crippen LogP contribution >= 0.6 is 11.6 Å². The predicted octanol–water partition coefficient (Wildman–Crippen LogP) is 3.97. The molecule has 122 valence electrons. The Balaban J connectivity index is 1.78. The highest BCUT2D eigenvalue weighted by Crippen LogP contribution is 2.39. The molecule has 0 radical (unpaired) electrons. The second-order valence-corrected chi connectivity index (χ2v) is 6.53. The van der Waals surface area contributed by atoms with Crippen molar-refractivity contribution in [1.29, 1.82) is 0 Å². The zero-order valence-corrected chi connectivity index (χ0v) is 14.0. The van der Waals surface area contributed by atoms with E-state index in [1.807, 2.05) is 35.0 Å². The number of aryl methyl sites for hydroxylation is 1. The van der Waals surface area contributed by atoms with E-state index >= 15 is 0 Å². The summed E-state index contributed by atoms with van der Waals surface area (Å²) in [6.07, 6.45) is 0.863. The maximum absolute atomic E-state index is 6.02. The van der Waals surface area contributed by atoms with Crippen LogP contribution < -0.4 is 11.1 Å². The molecule has 0 bridgehead atoms. The Morgan fingerprint density at radius 3 is 2.67 bits per heavy atom. The molecule has 0 fully saturated rings. The lowest BCUT2D eigenvalue weighted by molar-refractivity contribution is 0.430. The van der Waals surface area contributed by atoms with Crippen molar-refractivity contribution in [1.82, 2.24) is 14.8 Å². The van der Waals surface area contributed by atoms with Gasteiger partial charge < -0.3 is 11.1 Å². The van der Waals surface area contributed by atoms with Crippen molar-refractivity contribution in [2.45, 2.75) is 25.4 Å². The van der Waals surface area contributed by atoms with Crippen LogP contribution in [0, 0.1) is 6.92 Å². The minimum absolute atomic E-state index is 0.0907. The lowest BCUT2D eigenvalue weighted by Gasteiger charge is -2.32. The third-order valence-corrected chi connectivity index (χ3v) is 4.78. The summed E-state index contributed by atoms with van der Waals surface area (Å²) in [7, 11) is 0. The number of rotatable bonds is 2. The minimum atomic E-state index is 0.0907. The van der Waals surface area contributed by atoms with E-state index in [0.717, 1.165) is 11.4 Å². The number of anilines is 2. The number of nitrogens with zero attached hydrogens (tertiary/aromatic N) is 3. The first-order valence-electron chi connectivity index (χ1n) is 7.91. The predicted molar refractivity (Wildman–Crippen MR) is 96.2 cm³/mol. The molecule has 0 amide bonds. The highest BCUT2D eigenvalue weighted by molar-refractivity contribution is 6.30. The second kappa shape index (κ2) is 5.83. The van der Waals surface area contributed by atoms with Crippen LogP contribution in [0.1, 0.15) is 35.2 Å². The molecule has 0 unspecified atom stereocenters. The quantitative estimate of drug-likeness (QED) is 0.741. The van der Waals surface area contributed by atoms with E-state index in [1.54, 1.807) is 0 Å². The Morgan fingerprint density at radius 1 is 1.17 bits per heavy atom. The first-order chi connectivity index (χ1) is 11.6. The van der Waals surface area contributed by atoms with Crippen LogP contribution in [0.2, 0.25) is 5.02 Å². The van der Waals surface area contributed by atoms with Gasteiger partial charge in [0, 0.05) is 5.02 Å². The fourth-order valence-electron chi connectivity index (χ4n) is 3.33. The summed E-state index contributed by atoms with van der Waals surface area (Å²) in [5, 5.41) is 8.56. The van der Waals surface area contributed by atoms with E-state index < -0.39 is 0 Å². The number of fused-ring (bicyclic) bond motifs is 1. The van der Waals surface area contributed by atoms with Crippen molar-refractivity contribution in [3.05, 3.63) is 70.2 Å². The van der Waals surface area contributed by atoms with E-state index in [-0.39, 0.29) is 18.0 Å². The fourth-order valence-corrected chi connectivity index (χ4v) is 3.45. The monoisotopic (exact) mass is 339 g/mol. The van der Waals surface area contributed by atoms with Crippen LogP contribution in [0.4, 0.5) is 11.9 Å². The van der Waals surface area contributed by atoms with Crippen LogP contribution in [0.3, 0.4) is 0 Å². The SMILES string of the molecule is Cc1ccccc1[C@@H]1C[C@@H](c2ccc(Cl)cc2)Nc2nc(N)nn21. The smallest absolute Gasteiger partial charge is 0.241 e. The number of nitrogens with two attached hydrogens (primary N) is 1. The number of hydrogen-bond donors (Lipinski definition) is 2. The van der Waals surface area contributed by atoms with Crippen molar-refractivity contribution in [2.24, 2.45) is 0 Å². The van der Waals surface area contributed by atoms with Gasteiger partial charge >= 0.3 is 0 Å². The number of nitrogen functional groups attached to an aromatic ring is 1. The molecule has 3 aromatic rings. The van der Waals surface area contributed by atoms with Crippen LogP contribution in [-0.4, -0.2) is 14.8 Å². The highest BCUT2D eigenvalue weighted by atomic mass is 35.5. The summed E-state index contributed by atoms with van der Waals surface area (Å²) < 4.78 is 1.89. The number of halogens is 1. The molecule has 1 aromatic heterocycles. The number of aromatic nitrogens is 3. The van der Waals surface area contributed by atoms with E-state index in [9.17, 15) is 0 Å². The van der Waals surface area contributed by atoms with Crippen LogP contribution in [0.5, 0.6) is 0 Å². The van der Waals surface area contributed by atoms with Crippen molar-refractivity contribution >= 4 is 23.5 Å². The van der Waals surface area contributed by atoms with E-state index in [2.05, 4.69) is 40.5 Å². The largest absolute Gasteiger partial charge is 0.366 e. The van der Waals surface area contributed by atoms with Crippen LogP contribution in [-0.2, 0) is 0 Å². The molecule has 24 heavy (non-hydrogen) atoms. The van der Waals surface area contributed by atoms with Gasteiger partial charge in [-0.3, -0.25) is 0 Å². The van der Waals surface area contributed by atoms with Gasteiger partial charge in [0.05, 0.1) is 12.1 Å². The van der Waals surface area contributed by atoms with E-state index in [0.29, 0.717) is 5.95 Å². The normalized spacial score (nSPS) is 19.6. The Hall–Kier alpha value is -2.53. The molecule has 2 atom stereocenters. The Bertz CT molecular complexity index is 871. The lowest BCUT2D eigenvalue weighted by atomic mass is 9.91. The van der Waals surface area contributed by atoms with Crippen molar-refractivity contribution in [3.8, 4) is 0 Å². The van der Waals surface area contributed by atoms with Crippen LogP contribution in [0.25, 0.3) is 0 Å². The molecule has 2 heterocycles. The Labute approximate surface area is 145 Å². The zero-order valence-electron chi connectivity index (χ0n) is 13.3. The summed E-state index contributed by atoms with van der Waals surface area (Å²) in [6.45, 7) is 2.12. The van der Waals surface area contributed by atoms with Gasteiger partial charge in [-0.15, -0.1) is 5.10 Å².